The predicted molar refractivity (Wildman–Crippen MR) is 41.5 cm³/mol. The first kappa shape index (κ1) is 11.9. The summed E-state index contributed by atoms with van der Waals surface area (Å²) in [6.07, 6.45) is -0.541. The molecule has 0 saturated carbocycles. The maximum Gasteiger partial charge on any atom is 0.369 e. The Labute approximate surface area is 82.0 Å². The molecule has 0 bridgehead atoms. The van der Waals surface area contributed by atoms with Crippen LogP contribution in [0.2, 0.25) is 0 Å². The van der Waals surface area contributed by atoms with Crippen LogP contribution in [-0.2, 0) is 9.53 Å². The molecule has 0 aromatic heterocycles. The van der Waals surface area contributed by atoms with E-state index in [9.17, 15) is 13.6 Å². The van der Waals surface area contributed by atoms with Crippen molar-refractivity contribution in [1.82, 2.24) is 0 Å². The molecule has 0 saturated heterocycles. The van der Waals surface area contributed by atoms with Gasteiger partial charge in [0.2, 0.25) is 9.62 Å². The summed E-state index contributed by atoms with van der Waals surface area (Å²) in [5, 5.41) is 0. The fourth-order valence-corrected chi connectivity index (χ4v) is 0.425. The number of carbonyl (C=O) groups is 1. The molecule has 0 radical (unpaired) electrons. The minimum atomic E-state index is -1.83. The second-order valence-electron chi connectivity index (χ2n) is 1.65. The van der Waals surface area contributed by atoms with Crippen LogP contribution in [0.4, 0.5) is 8.78 Å². The van der Waals surface area contributed by atoms with Gasteiger partial charge in [-0.25, -0.2) is 9.18 Å². The second kappa shape index (κ2) is 4.84. The lowest BCUT2D eigenvalue weighted by molar-refractivity contribution is -0.140. The number of carbonyl (C=O) groups excluding carboxylic acids is 1. The van der Waals surface area contributed by atoms with Gasteiger partial charge in [-0.15, -0.1) is 0 Å². The lowest BCUT2D eigenvalue weighted by Gasteiger charge is -2.09. The van der Waals surface area contributed by atoms with Gasteiger partial charge in [-0.3, -0.25) is 0 Å². The molecule has 0 rings (SSSR count). The van der Waals surface area contributed by atoms with Gasteiger partial charge in [0.15, 0.2) is 0 Å². The molecule has 7 heteroatoms. The van der Waals surface area contributed by atoms with Crippen molar-refractivity contribution in [2.75, 3.05) is 6.61 Å². The highest BCUT2D eigenvalue weighted by Crippen LogP contribution is 2.26. The summed E-state index contributed by atoms with van der Waals surface area (Å²) in [5.41, 5.74) is 0. The number of halogens is 5. The molecule has 2 nitrogen and oxygen atoms in total. The van der Waals surface area contributed by atoms with Gasteiger partial charge in [-0.2, -0.15) is 4.39 Å². The molecule has 0 heterocycles. The summed E-state index contributed by atoms with van der Waals surface area (Å²) < 4.78 is 25.5. The highest BCUT2D eigenvalue weighted by Gasteiger charge is 2.23. The first-order valence-corrected chi connectivity index (χ1v) is 3.70. The van der Waals surface area contributed by atoms with E-state index in [2.05, 4.69) is 4.74 Å². The molecule has 0 aliphatic heterocycles. The van der Waals surface area contributed by atoms with Gasteiger partial charge in [0.05, 0.1) is 0 Å². The van der Waals surface area contributed by atoms with Crippen LogP contribution in [0.1, 0.15) is 0 Å². The number of ether oxygens (including phenoxy) is 1. The molecular formula is C5H3Cl3F2O2. The number of hydrogen-bond donors (Lipinski definition) is 0. The van der Waals surface area contributed by atoms with E-state index in [0.717, 1.165) is 0 Å². The van der Waals surface area contributed by atoms with Gasteiger partial charge < -0.3 is 4.74 Å². The third-order valence-corrected chi connectivity index (χ3v) is 0.985. The van der Waals surface area contributed by atoms with Gasteiger partial charge in [0.25, 0.3) is 0 Å². The molecule has 70 valence electrons. The van der Waals surface area contributed by atoms with Crippen molar-refractivity contribution in [1.29, 1.82) is 0 Å². The quantitative estimate of drug-likeness (QED) is 0.421. The van der Waals surface area contributed by atoms with Crippen LogP contribution in [0, 0.1) is 0 Å². The predicted octanol–water partition coefficient (Wildman–Crippen LogP) is 2.68. The molecular weight excluding hydrogens is 236 g/mol. The molecule has 0 aromatic rings. The largest absolute Gasteiger partial charge is 0.456 e. The summed E-state index contributed by atoms with van der Waals surface area (Å²) >= 11 is 15.4. The van der Waals surface area contributed by atoms with E-state index in [-0.39, 0.29) is 0 Å². The van der Waals surface area contributed by atoms with Gasteiger partial charge in [0.1, 0.15) is 12.9 Å². The Morgan fingerprint density at radius 1 is 1.50 bits per heavy atom. The van der Waals surface area contributed by atoms with Crippen LogP contribution in [0.3, 0.4) is 0 Å². The maximum atomic E-state index is 12.0. The summed E-state index contributed by atoms with van der Waals surface area (Å²) in [6.45, 7) is -0.641. The standard InChI is InChI=1S/C5H3Cl3F2O2/c6-5(7,8)2-12-4(11)3(10)1-9/h1H,2H2. The smallest absolute Gasteiger partial charge is 0.369 e. The fourth-order valence-electron chi connectivity index (χ4n) is 0.261. The van der Waals surface area contributed by atoms with Crippen molar-refractivity contribution in [3.8, 4) is 0 Å². The third-order valence-electron chi connectivity index (χ3n) is 0.658. The van der Waals surface area contributed by atoms with E-state index in [0.29, 0.717) is 0 Å². The summed E-state index contributed by atoms with van der Waals surface area (Å²) in [5.74, 6) is -3.19. The van der Waals surface area contributed by atoms with Crippen LogP contribution in [0.15, 0.2) is 12.2 Å². The van der Waals surface area contributed by atoms with Gasteiger partial charge in [0, 0.05) is 0 Å². The number of rotatable bonds is 2. The Morgan fingerprint density at radius 2 is 2.00 bits per heavy atom. The zero-order chi connectivity index (χ0) is 9.78. The van der Waals surface area contributed by atoms with Crippen molar-refractivity contribution >= 4 is 40.8 Å². The van der Waals surface area contributed by atoms with E-state index in [1.165, 1.54) is 0 Å². The molecule has 0 aliphatic carbocycles. The average Bonchev–Trinajstić information content (AvgIpc) is 1.97. The van der Waals surface area contributed by atoms with Crippen LogP contribution < -0.4 is 0 Å². The maximum absolute atomic E-state index is 12.0. The average molecular weight is 239 g/mol. The highest BCUT2D eigenvalue weighted by atomic mass is 35.6. The molecule has 0 amide bonds. The number of alkyl halides is 3. The van der Waals surface area contributed by atoms with E-state index < -0.39 is 28.5 Å². The molecule has 0 aromatic carbocycles. The number of hydrogen-bond acceptors (Lipinski definition) is 2. The van der Waals surface area contributed by atoms with E-state index >= 15 is 0 Å². The lowest BCUT2D eigenvalue weighted by Crippen LogP contribution is -2.17. The third kappa shape index (κ3) is 5.57. The van der Waals surface area contributed by atoms with Crippen molar-refractivity contribution in [2.24, 2.45) is 0 Å². The first-order chi connectivity index (χ1) is 5.37. The molecule has 0 N–H and O–H groups in total. The molecule has 0 atom stereocenters. The Hall–Kier alpha value is -0.0600. The SMILES string of the molecule is O=C(OCC(Cl)(Cl)Cl)C(F)=CF. The molecule has 0 unspecified atom stereocenters. The zero-order valence-electron chi connectivity index (χ0n) is 5.49. The Balaban J connectivity index is 3.89. The van der Waals surface area contributed by atoms with Crippen LogP contribution >= 0.6 is 34.8 Å². The second-order valence-corrected chi connectivity index (χ2v) is 4.16. The van der Waals surface area contributed by atoms with Crippen LogP contribution in [0.5, 0.6) is 0 Å². The minimum Gasteiger partial charge on any atom is -0.456 e. The zero-order valence-corrected chi connectivity index (χ0v) is 7.76. The normalized spacial score (nSPS) is 12.9. The number of esters is 1. The fraction of sp³-hybridized carbons (Fsp3) is 0.400. The highest BCUT2D eigenvalue weighted by molar-refractivity contribution is 6.67. The van der Waals surface area contributed by atoms with E-state index in [4.69, 9.17) is 34.8 Å². The Bertz CT molecular complexity index is 199. The van der Waals surface area contributed by atoms with Gasteiger partial charge >= 0.3 is 5.97 Å². The monoisotopic (exact) mass is 238 g/mol. The summed E-state index contributed by atoms with van der Waals surface area (Å²) in [4.78, 5) is 10.3. The first-order valence-electron chi connectivity index (χ1n) is 2.56. The molecule has 0 spiro atoms. The summed E-state index contributed by atoms with van der Waals surface area (Å²) in [6, 6.07) is 0. The lowest BCUT2D eigenvalue weighted by atomic mass is 10.6. The van der Waals surface area contributed by atoms with E-state index in [1.807, 2.05) is 0 Å². The van der Waals surface area contributed by atoms with E-state index in [1.54, 1.807) is 0 Å². The Kier molecular flexibility index (Phi) is 4.82. The minimum absolute atomic E-state index is 0.541. The van der Waals surface area contributed by atoms with Crippen molar-refractivity contribution < 1.29 is 18.3 Å². The molecule has 0 fully saturated rings. The molecule has 0 aliphatic rings. The summed E-state index contributed by atoms with van der Waals surface area (Å²) in [7, 11) is 0. The van der Waals surface area contributed by atoms with Crippen LogP contribution in [-0.4, -0.2) is 16.4 Å². The topological polar surface area (TPSA) is 26.3 Å². The van der Waals surface area contributed by atoms with Gasteiger partial charge in [-0.05, 0) is 0 Å². The molecule has 12 heavy (non-hydrogen) atoms. The van der Waals surface area contributed by atoms with Gasteiger partial charge in [-0.1, -0.05) is 34.8 Å². The van der Waals surface area contributed by atoms with Crippen LogP contribution in [0.25, 0.3) is 0 Å². The van der Waals surface area contributed by atoms with Crippen molar-refractivity contribution in [2.45, 2.75) is 3.79 Å². The van der Waals surface area contributed by atoms with Crippen molar-refractivity contribution in [3.05, 3.63) is 12.2 Å². The van der Waals surface area contributed by atoms with Crippen molar-refractivity contribution in [3.63, 3.8) is 0 Å². The Morgan fingerprint density at radius 3 is 2.33 bits per heavy atom.